The van der Waals surface area contributed by atoms with Crippen LogP contribution in [-0.4, -0.2) is 15.6 Å². The van der Waals surface area contributed by atoms with Gasteiger partial charge in [-0.3, -0.25) is 4.79 Å². The molecule has 0 atom stereocenters. The molecule has 0 saturated carbocycles. The van der Waals surface area contributed by atoms with Gasteiger partial charge in [0, 0.05) is 22.7 Å². The van der Waals surface area contributed by atoms with Gasteiger partial charge in [-0.1, -0.05) is 29.8 Å². The Balaban J connectivity index is 1.88. The number of benzene rings is 2. The maximum atomic E-state index is 12.5. The van der Waals surface area contributed by atoms with Crippen LogP contribution < -0.4 is 5.73 Å². The second kappa shape index (κ2) is 6.49. The van der Waals surface area contributed by atoms with Gasteiger partial charge >= 0.3 is 0 Å². The van der Waals surface area contributed by atoms with Crippen molar-refractivity contribution in [1.29, 1.82) is 0 Å². The monoisotopic (exact) mass is 339 g/mol. The highest BCUT2D eigenvalue weighted by molar-refractivity contribution is 6.31. The molecule has 0 bridgehead atoms. The van der Waals surface area contributed by atoms with Crippen LogP contribution in [-0.2, 0) is 6.42 Å². The van der Waals surface area contributed by atoms with E-state index < -0.39 is 0 Å². The first kappa shape index (κ1) is 16.3. The molecule has 122 valence electrons. The minimum atomic E-state index is -0.0188. The molecule has 1 heterocycles. The Morgan fingerprint density at radius 1 is 1.17 bits per heavy atom. The van der Waals surface area contributed by atoms with Crippen molar-refractivity contribution >= 4 is 23.1 Å². The standard InChI is InChI=1S/C19H18ClN3O/c1-12-9-13(2)23(22-12)18-8-7-15(10-17(18)21)19(24)11-14-5-3-4-6-16(14)20/h3-10H,11,21H2,1-2H3. The van der Waals surface area contributed by atoms with Gasteiger partial charge in [-0.05, 0) is 49.7 Å². The van der Waals surface area contributed by atoms with E-state index in [9.17, 15) is 4.79 Å². The molecule has 0 aliphatic rings. The van der Waals surface area contributed by atoms with E-state index in [-0.39, 0.29) is 12.2 Å². The minimum absolute atomic E-state index is 0.0188. The van der Waals surface area contributed by atoms with Crippen LogP contribution in [0.25, 0.3) is 5.69 Å². The third kappa shape index (κ3) is 3.19. The van der Waals surface area contributed by atoms with E-state index in [2.05, 4.69) is 5.10 Å². The van der Waals surface area contributed by atoms with Gasteiger partial charge in [0.25, 0.3) is 0 Å². The van der Waals surface area contributed by atoms with E-state index >= 15 is 0 Å². The second-order valence-corrected chi connectivity index (χ2v) is 6.21. The van der Waals surface area contributed by atoms with Crippen molar-refractivity contribution in [3.63, 3.8) is 0 Å². The number of nitrogen functional groups attached to an aromatic ring is 1. The molecule has 0 fully saturated rings. The zero-order valence-corrected chi connectivity index (χ0v) is 14.3. The molecule has 0 saturated heterocycles. The van der Waals surface area contributed by atoms with E-state index in [4.69, 9.17) is 17.3 Å². The summed E-state index contributed by atoms with van der Waals surface area (Å²) in [5.74, 6) is -0.0188. The molecule has 0 spiro atoms. The largest absolute Gasteiger partial charge is 0.397 e. The molecule has 2 N–H and O–H groups in total. The summed E-state index contributed by atoms with van der Waals surface area (Å²) in [5.41, 5.74) is 10.7. The van der Waals surface area contributed by atoms with Gasteiger partial charge in [0.1, 0.15) is 0 Å². The maximum Gasteiger partial charge on any atom is 0.167 e. The summed E-state index contributed by atoms with van der Waals surface area (Å²) in [6.07, 6.45) is 0.248. The van der Waals surface area contributed by atoms with Gasteiger partial charge < -0.3 is 5.73 Å². The fourth-order valence-electron chi connectivity index (χ4n) is 2.71. The summed E-state index contributed by atoms with van der Waals surface area (Å²) >= 11 is 6.12. The normalized spacial score (nSPS) is 10.8. The van der Waals surface area contributed by atoms with Crippen molar-refractivity contribution in [2.45, 2.75) is 20.3 Å². The number of hydrogen-bond acceptors (Lipinski definition) is 3. The van der Waals surface area contributed by atoms with Gasteiger partial charge in [-0.25, -0.2) is 4.68 Å². The van der Waals surface area contributed by atoms with Crippen LogP contribution in [0.15, 0.2) is 48.5 Å². The number of nitrogens with two attached hydrogens (primary N) is 1. The predicted molar refractivity (Wildman–Crippen MR) is 96.9 cm³/mol. The summed E-state index contributed by atoms with van der Waals surface area (Å²) < 4.78 is 1.78. The molecule has 0 aliphatic carbocycles. The average molecular weight is 340 g/mol. The molecule has 5 heteroatoms. The van der Waals surface area contributed by atoms with Crippen molar-refractivity contribution in [1.82, 2.24) is 9.78 Å². The Hall–Kier alpha value is -2.59. The second-order valence-electron chi connectivity index (χ2n) is 5.80. The van der Waals surface area contributed by atoms with Gasteiger partial charge in [0.15, 0.2) is 5.78 Å². The SMILES string of the molecule is Cc1cc(C)n(-c2ccc(C(=O)Cc3ccccc3Cl)cc2N)n1. The molecule has 0 unspecified atom stereocenters. The van der Waals surface area contributed by atoms with Gasteiger partial charge in [-0.15, -0.1) is 0 Å². The average Bonchev–Trinajstić information content (AvgIpc) is 2.87. The van der Waals surface area contributed by atoms with Crippen molar-refractivity contribution < 1.29 is 4.79 Å². The Bertz CT molecular complexity index is 915. The number of ketones is 1. The Morgan fingerprint density at radius 2 is 1.92 bits per heavy atom. The maximum absolute atomic E-state index is 12.5. The first-order valence-electron chi connectivity index (χ1n) is 7.65. The van der Waals surface area contributed by atoms with Crippen molar-refractivity contribution in [3.05, 3.63) is 76.1 Å². The first-order valence-corrected chi connectivity index (χ1v) is 8.03. The molecule has 24 heavy (non-hydrogen) atoms. The number of carbonyl (C=O) groups excluding carboxylic acids is 1. The molecule has 4 nitrogen and oxygen atoms in total. The van der Waals surface area contributed by atoms with Crippen molar-refractivity contribution in [2.24, 2.45) is 0 Å². The molecule has 3 aromatic rings. The van der Waals surface area contributed by atoms with E-state index in [1.807, 2.05) is 44.2 Å². The lowest BCUT2D eigenvalue weighted by Gasteiger charge is -2.10. The number of Topliss-reactive ketones (excluding diaryl/α,β-unsaturated/α-hetero) is 1. The number of aromatic nitrogens is 2. The third-order valence-electron chi connectivity index (χ3n) is 3.90. The lowest BCUT2D eigenvalue weighted by atomic mass is 10.0. The van der Waals surface area contributed by atoms with Crippen LogP contribution in [0, 0.1) is 13.8 Å². The number of carbonyl (C=O) groups is 1. The molecule has 1 aromatic heterocycles. The lowest BCUT2D eigenvalue weighted by molar-refractivity contribution is 0.0993. The Labute approximate surface area is 145 Å². The zero-order chi connectivity index (χ0) is 17.3. The summed E-state index contributed by atoms with van der Waals surface area (Å²) in [6.45, 7) is 3.90. The van der Waals surface area contributed by atoms with Gasteiger partial charge in [0.2, 0.25) is 0 Å². The fourth-order valence-corrected chi connectivity index (χ4v) is 2.91. The Kier molecular flexibility index (Phi) is 4.40. The number of aryl methyl sites for hydroxylation is 2. The van der Waals surface area contributed by atoms with Crippen LogP contribution in [0.5, 0.6) is 0 Å². The van der Waals surface area contributed by atoms with E-state index in [0.717, 1.165) is 22.6 Å². The third-order valence-corrected chi connectivity index (χ3v) is 4.26. The van der Waals surface area contributed by atoms with Crippen molar-refractivity contribution in [3.8, 4) is 5.69 Å². The van der Waals surface area contributed by atoms with Crippen molar-refractivity contribution in [2.75, 3.05) is 5.73 Å². The first-order chi connectivity index (χ1) is 11.5. The molecule has 3 rings (SSSR count). The molecule has 0 aliphatic heterocycles. The van der Waals surface area contributed by atoms with Crippen LogP contribution in [0.1, 0.15) is 27.3 Å². The smallest absolute Gasteiger partial charge is 0.167 e. The van der Waals surface area contributed by atoms with Crippen LogP contribution >= 0.6 is 11.6 Å². The lowest BCUT2D eigenvalue weighted by Crippen LogP contribution is -2.08. The van der Waals surface area contributed by atoms with Crippen LogP contribution in [0.3, 0.4) is 0 Å². The number of rotatable bonds is 4. The summed E-state index contributed by atoms with van der Waals surface area (Å²) in [6, 6.07) is 14.6. The molecular weight excluding hydrogens is 322 g/mol. The molecule has 0 amide bonds. The molecule has 0 radical (unpaired) electrons. The highest BCUT2D eigenvalue weighted by Gasteiger charge is 2.13. The van der Waals surface area contributed by atoms with Gasteiger partial charge in [-0.2, -0.15) is 5.10 Å². The quantitative estimate of drug-likeness (QED) is 0.573. The summed E-state index contributed by atoms with van der Waals surface area (Å²) in [4.78, 5) is 12.5. The number of anilines is 1. The topological polar surface area (TPSA) is 60.9 Å². The number of hydrogen-bond donors (Lipinski definition) is 1. The van der Waals surface area contributed by atoms with E-state index in [1.54, 1.807) is 22.9 Å². The zero-order valence-electron chi connectivity index (χ0n) is 13.6. The van der Waals surface area contributed by atoms with E-state index in [1.165, 1.54) is 0 Å². The van der Waals surface area contributed by atoms with Gasteiger partial charge in [0.05, 0.1) is 17.1 Å². The highest BCUT2D eigenvalue weighted by Crippen LogP contribution is 2.23. The number of halogens is 1. The number of nitrogens with zero attached hydrogens (tertiary/aromatic N) is 2. The molecular formula is C19H18ClN3O. The summed E-state index contributed by atoms with van der Waals surface area (Å²) in [5, 5.41) is 5.02. The minimum Gasteiger partial charge on any atom is -0.397 e. The van der Waals surface area contributed by atoms with Crippen LogP contribution in [0.2, 0.25) is 5.02 Å². The molecule has 2 aromatic carbocycles. The predicted octanol–water partition coefficient (Wildman–Crippen LogP) is 4.15. The Morgan fingerprint density at radius 3 is 2.54 bits per heavy atom. The van der Waals surface area contributed by atoms with Crippen LogP contribution in [0.4, 0.5) is 5.69 Å². The fraction of sp³-hybridized carbons (Fsp3) is 0.158. The highest BCUT2D eigenvalue weighted by atomic mass is 35.5. The summed E-state index contributed by atoms with van der Waals surface area (Å²) in [7, 11) is 0. The van der Waals surface area contributed by atoms with E-state index in [0.29, 0.717) is 16.3 Å².